The lowest BCUT2D eigenvalue weighted by molar-refractivity contribution is 0.173. The standard InChI is InChI=1S/C20H21N5O/c21-11-18-20(23-19-8-4-5-9-25(18)19)22-12-16-10-17(26)14-24(16)13-15-6-2-1-3-7-15/h1-9,16-17,22,26H,10,12-14H2/t16-,17+/m1/s1. The fourth-order valence-electron chi connectivity index (χ4n) is 3.62. The number of aliphatic hydroxyl groups excluding tert-OH is 1. The van der Waals surface area contributed by atoms with Crippen molar-refractivity contribution in [1.82, 2.24) is 14.3 Å². The molecule has 0 saturated carbocycles. The third-order valence-electron chi connectivity index (χ3n) is 4.88. The largest absolute Gasteiger partial charge is 0.392 e. The van der Waals surface area contributed by atoms with E-state index in [0.717, 1.165) is 18.6 Å². The van der Waals surface area contributed by atoms with Crippen LogP contribution in [0.4, 0.5) is 5.82 Å². The van der Waals surface area contributed by atoms with Gasteiger partial charge in [0.25, 0.3) is 0 Å². The molecule has 4 rings (SSSR count). The van der Waals surface area contributed by atoms with E-state index in [-0.39, 0.29) is 12.1 Å². The maximum absolute atomic E-state index is 10.1. The predicted octanol–water partition coefficient (Wildman–Crippen LogP) is 2.25. The number of nitriles is 1. The van der Waals surface area contributed by atoms with Crippen LogP contribution in [0, 0.1) is 11.3 Å². The summed E-state index contributed by atoms with van der Waals surface area (Å²) in [5, 5.41) is 22.9. The first-order valence-corrected chi connectivity index (χ1v) is 8.81. The molecule has 0 aliphatic carbocycles. The monoisotopic (exact) mass is 347 g/mol. The van der Waals surface area contributed by atoms with Crippen LogP contribution in [0.2, 0.25) is 0 Å². The maximum atomic E-state index is 10.1. The van der Waals surface area contributed by atoms with Gasteiger partial charge in [-0.1, -0.05) is 36.4 Å². The van der Waals surface area contributed by atoms with Crippen molar-refractivity contribution in [2.75, 3.05) is 18.4 Å². The van der Waals surface area contributed by atoms with E-state index >= 15 is 0 Å². The van der Waals surface area contributed by atoms with Crippen LogP contribution in [0.1, 0.15) is 17.7 Å². The molecule has 6 heteroatoms. The van der Waals surface area contributed by atoms with Crippen LogP contribution in [0.15, 0.2) is 54.7 Å². The smallest absolute Gasteiger partial charge is 0.168 e. The number of fused-ring (bicyclic) bond motifs is 1. The number of hydrogen-bond donors (Lipinski definition) is 2. The Hall–Kier alpha value is -2.88. The van der Waals surface area contributed by atoms with E-state index in [0.29, 0.717) is 24.6 Å². The van der Waals surface area contributed by atoms with Crippen LogP contribution in [0.3, 0.4) is 0 Å². The molecule has 0 amide bonds. The number of aromatic nitrogens is 2. The van der Waals surface area contributed by atoms with Crippen LogP contribution in [0.25, 0.3) is 5.65 Å². The number of pyridine rings is 1. The molecule has 1 aromatic carbocycles. The van der Waals surface area contributed by atoms with Crippen LogP contribution in [-0.4, -0.2) is 44.6 Å². The lowest BCUT2D eigenvalue weighted by atomic mass is 10.1. The Bertz CT molecular complexity index is 930. The van der Waals surface area contributed by atoms with Gasteiger partial charge in [-0.15, -0.1) is 0 Å². The molecule has 2 aromatic heterocycles. The molecule has 1 aliphatic heterocycles. The highest BCUT2D eigenvalue weighted by atomic mass is 16.3. The summed E-state index contributed by atoms with van der Waals surface area (Å²) < 4.78 is 1.79. The molecule has 1 saturated heterocycles. The highest BCUT2D eigenvalue weighted by molar-refractivity contribution is 5.58. The van der Waals surface area contributed by atoms with E-state index in [1.807, 2.05) is 42.6 Å². The zero-order valence-electron chi connectivity index (χ0n) is 14.4. The second-order valence-electron chi connectivity index (χ2n) is 6.69. The molecule has 3 heterocycles. The van der Waals surface area contributed by atoms with E-state index in [2.05, 4.69) is 33.4 Å². The van der Waals surface area contributed by atoms with E-state index in [1.54, 1.807) is 4.40 Å². The van der Waals surface area contributed by atoms with Gasteiger partial charge in [0.05, 0.1) is 6.10 Å². The predicted molar refractivity (Wildman–Crippen MR) is 99.7 cm³/mol. The molecule has 0 radical (unpaired) electrons. The molecule has 132 valence electrons. The van der Waals surface area contributed by atoms with E-state index in [1.165, 1.54) is 5.56 Å². The Morgan fingerprint density at radius 2 is 2.00 bits per heavy atom. The summed E-state index contributed by atoms with van der Waals surface area (Å²) in [6.45, 7) is 2.11. The lowest BCUT2D eigenvalue weighted by Gasteiger charge is -2.24. The molecule has 1 fully saturated rings. The Morgan fingerprint density at radius 1 is 1.19 bits per heavy atom. The summed E-state index contributed by atoms with van der Waals surface area (Å²) >= 11 is 0. The summed E-state index contributed by atoms with van der Waals surface area (Å²) in [5.74, 6) is 0.597. The summed E-state index contributed by atoms with van der Waals surface area (Å²) in [4.78, 5) is 6.81. The number of β-amino-alcohol motifs (C(OH)–C–C–N with tert-alkyl or cyclic N) is 1. The van der Waals surface area contributed by atoms with Gasteiger partial charge in [-0.25, -0.2) is 4.98 Å². The van der Waals surface area contributed by atoms with Crippen molar-refractivity contribution < 1.29 is 5.11 Å². The Balaban J connectivity index is 1.49. The molecule has 0 unspecified atom stereocenters. The van der Waals surface area contributed by atoms with E-state index in [9.17, 15) is 10.4 Å². The maximum Gasteiger partial charge on any atom is 0.168 e. The van der Waals surface area contributed by atoms with Crippen molar-refractivity contribution >= 4 is 11.5 Å². The molecule has 6 nitrogen and oxygen atoms in total. The second-order valence-corrected chi connectivity index (χ2v) is 6.69. The zero-order valence-corrected chi connectivity index (χ0v) is 14.4. The number of nitrogens with one attached hydrogen (secondary N) is 1. The molecule has 3 aromatic rings. The quantitative estimate of drug-likeness (QED) is 0.740. The minimum Gasteiger partial charge on any atom is -0.392 e. The lowest BCUT2D eigenvalue weighted by Crippen LogP contribution is -2.34. The molecule has 2 atom stereocenters. The summed E-state index contributed by atoms with van der Waals surface area (Å²) in [6, 6.07) is 18.4. The molecule has 1 aliphatic rings. The number of anilines is 1. The van der Waals surface area contributed by atoms with Gasteiger partial charge in [0.2, 0.25) is 0 Å². The highest BCUT2D eigenvalue weighted by Gasteiger charge is 2.31. The Labute approximate surface area is 152 Å². The van der Waals surface area contributed by atoms with Crippen LogP contribution in [0.5, 0.6) is 0 Å². The van der Waals surface area contributed by atoms with E-state index in [4.69, 9.17) is 0 Å². The van der Waals surface area contributed by atoms with Crippen molar-refractivity contribution in [1.29, 1.82) is 5.26 Å². The fourth-order valence-corrected chi connectivity index (χ4v) is 3.62. The second kappa shape index (κ2) is 7.16. The summed E-state index contributed by atoms with van der Waals surface area (Å²) in [7, 11) is 0. The SMILES string of the molecule is N#Cc1c(NC[C@H]2C[C@H](O)CN2Cc2ccccc2)nc2ccccn12. The number of rotatable bonds is 5. The Morgan fingerprint density at radius 3 is 2.81 bits per heavy atom. The van der Waals surface area contributed by atoms with Crippen molar-refractivity contribution in [2.24, 2.45) is 0 Å². The minimum absolute atomic E-state index is 0.196. The number of imidazole rings is 1. The van der Waals surface area contributed by atoms with Gasteiger partial charge in [-0.3, -0.25) is 9.30 Å². The average molecular weight is 347 g/mol. The number of aliphatic hydroxyl groups is 1. The van der Waals surface area contributed by atoms with Crippen molar-refractivity contribution in [3.63, 3.8) is 0 Å². The first-order chi connectivity index (χ1) is 12.7. The van der Waals surface area contributed by atoms with Gasteiger partial charge in [0, 0.05) is 31.9 Å². The molecular formula is C20H21N5O. The fraction of sp³-hybridized carbons (Fsp3) is 0.300. The number of nitrogens with zero attached hydrogens (tertiary/aromatic N) is 4. The minimum atomic E-state index is -0.318. The van der Waals surface area contributed by atoms with Crippen molar-refractivity contribution in [3.05, 3.63) is 66.0 Å². The highest BCUT2D eigenvalue weighted by Crippen LogP contribution is 2.22. The average Bonchev–Trinajstić information content (AvgIpc) is 3.20. The molecular weight excluding hydrogens is 326 g/mol. The van der Waals surface area contributed by atoms with Crippen LogP contribution >= 0.6 is 0 Å². The van der Waals surface area contributed by atoms with Gasteiger partial charge in [0.1, 0.15) is 11.7 Å². The summed E-state index contributed by atoms with van der Waals surface area (Å²) in [5.41, 5.74) is 2.49. The summed E-state index contributed by atoms with van der Waals surface area (Å²) in [6.07, 6.45) is 2.24. The number of likely N-dealkylation sites (tertiary alicyclic amines) is 1. The topological polar surface area (TPSA) is 76.6 Å². The third kappa shape index (κ3) is 3.27. The van der Waals surface area contributed by atoms with Gasteiger partial charge in [-0.05, 0) is 24.1 Å². The Kier molecular flexibility index (Phi) is 4.57. The van der Waals surface area contributed by atoms with Crippen molar-refractivity contribution in [2.45, 2.75) is 25.1 Å². The van der Waals surface area contributed by atoms with Crippen LogP contribution < -0.4 is 5.32 Å². The number of benzene rings is 1. The molecule has 2 N–H and O–H groups in total. The van der Waals surface area contributed by atoms with Crippen LogP contribution in [-0.2, 0) is 6.54 Å². The number of hydrogen-bond acceptors (Lipinski definition) is 5. The van der Waals surface area contributed by atoms with Crippen molar-refractivity contribution in [3.8, 4) is 6.07 Å². The molecule has 0 bridgehead atoms. The zero-order chi connectivity index (χ0) is 17.9. The van der Waals surface area contributed by atoms with Gasteiger partial charge in [-0.2, -0.15) is 5.26 Å². The molecule has 26 heavy (non-hydrogen) atoms. The first kappa shape index (κ1) is 16.6. The van der Waals surface area contributed by atoms with Gasteiger partial charge in [0.15, 0.2) is 11.5 Å². The van der Waals surface area contributed by atoms with Gasteiger partial charge < -0.3 is 10.4 Å². The van der Waals surface area contributed by atoms with Gasteiger partial charge >= 0.3 is 0 Å². The van der Waals surface area contributed by atoms with E-state index < -0.39 is 0 Å². The third-order valence-corrected chi connectivity index (χ3v) is 4.88. The first-order valence-electron chi connectivity index (χ1n) is 8.81. The normalized spacial score (nSPS) is 20.3. The molecule has 0 spiro atoms.